The number of aryl methyl sites for hydroxylation is 2. The molecule has 2 aromatic heterocycles. The number of nitrogens with zero attached hydrogens (tertiary/aromatic N) is 4. The molecule has 0 spiro atoms. The highest BCUT2D eigenvalue weighted by molar-refractivity contribution is 6.10. The molecular formula is C36H28N4. The molecule has 0 radical (unpaired) electrons. The van der Waals surface area contributed by atoms with Crippen molar-refractivity contribution in [3.05, 3.63) is 145 Å². The molecule has 0 saturated carbocycles. The van der Waals surface area contributed by atoms with E-state index in [9.17, 15) is 0 Å². The summed E-state index contributed by atoms with van der Waals surface area (Å²) in [4.78, 5) is 10.8. The Bertz CT molecular complexity index is 1920. The lowest BCUT2D eigenvalue weighted by Gasteiger charge is -2.25. The minimum atomic E-state index is 1.03. The van der Waals surface area contributed by atoms with Crippen LogP contribution >= 0.6 is 0 Å². The number of para-hydroxylation sites is 3. The molecule has 7 rings (SSSR count). The number of benzene rings is 5. The van der Waals surface area contributed by atoms with Crippen LogP contribution in [0.15, 0.2) is 134 Å². The standard InChI is InChI=1S/C36H28N4/c1-25-20-36(26(2)19-32(25)27-22-37-24-38-23-27)40-34-16-10-9-15-31(34)33-21-30(17-18-35(33)40)39(28-11-5-3-6-12-28)29-13-7-4-8-14-29/h3-24H,1-2H3. The van der Waals surface area contributed by atoms with Gasteiger partial charge in [0.15, 0.2) is 0 Å². The van der Waals surface area contributed by atoms with Gasteiger partial charge in [0.25, 0.3) is 0 Å². The molecule has 0 aliphatic rings. The number of hydrogen-bond donors (Lipinski definition) is 0. The summed E-state index contributed by atoms with van der Waals surface area (Å²) in [5.74, 6) is 0. The molecule has 0 N–H and O–H groups in total. The van der Waals surface area contributed by atoms with Crippen LogP contribution in [0.2, 0.25) is 0 Å². The Morgan fingerprint density at radius 2 is 1.18 bits per heavy atom. The first-order valence-corrected chi connectivity index (χ1v) is 13.5. The first-order chi connectivity index (χ1) is 19.7. The third-order valence-corrected chi connectivity index (χ3v) is 7.60. The van der Waals surface area contributed by atoms with Crippen LogP contribution in [0, 0.1) is 13.8 Å². The van der Waals surface area contributed by atoms with Gasteiger partial charge in [0, 0.05) is 51.5 Å². The maximum absolute atomic E-state index is 4.23. The zero-order valence-electron chi connectivity index (χ0n) is 22.5. The molecule has 0 amide bonds. The maximum atomic E-state index is 4.23. The molecule has 0 atom stereocenters. The van der Waals surface area contributed by atoms with Crippen molar-refractivity contribution in [1.29, 1.82) is 0 Å². The van der Waals surface area contributed by atoms with Gasteiger partial charge in [-0.3, -0.25) is 0 Å². The van der Waals surface area contributed by atoms with Crippen LogP contribution in [-0.2, 0) is 0 Å². The highest BCUT2D eigenvalue weighted by Gasteiger charge is 2.18. The molecule has 2 heterocycles. The van der Waals surface area contributed by atoms with Crippen LogP contribution in [0.3, 0.4) is 0 Å². The van der Waals surface area contributed by atoms with Gasteiger partial charge in [0.05, 0.1) is 11.0 Å². The number of aromatic nitrogens is 3. The molecule has 0 fully saturated rings. The van der Waals surface area contributed by atoms with E-state index in [1.165, 1.54) is 38.6 Å². The van der Waals surface area contributed by atoms with Crippen molar-refractivity contribution in [2.75, 3.05) is 4.90 Å². The predicted molar refractivity (Wildman–Crippen MR) is 166 cm³/mol. The van der Waals surface area contributed by atoms with Crippen LogP contribution in [-0.4, -0.2) is 14.5 Å². The van der Waals surface area contributed by atoms with Crippen LogP contribution < -0.4 is 4.90 Å². The maximum Gasteiger partial charge on any atom is 0.115 e. The SMILES string of the molecule is Cc1cc(-n2c3ccccc3c3cc(N(c4ccccc4)c4ccccc4)ccc32)c(C)cc1-c1cncnc1. The molecule has 0 aliphatic heterocycles. The molecule has 192 valence electrons. The van der Waals surface area contributed by atoms with Gasteiger partial charge in [-0.2, -0.15) is 0 Å². The lowest BCUT2D eigenvalue weighted by Crippen LogP contribution is -2.09. The summed E-state index contributed by atoms with van der Waals surface area (Å²) in [6.45, 7) is 4.35. The smallest absolute Gasteiger partial charge is 0.115 e. The first-order valence-electron chi connectivity index (χ1n) is 13.5. The minimum Gasteiger partial charge on any atom is -0.310 e. The summed E-state index contributed by atoms with van der Waals surface area (Å²) < 4.78 is 2.40. The van der Waals surface area contributed by atoms with E-state index in [4.69, 9.17) is 0 Å². The molecular weight excluding hydrogens is 488 g/mol. The van der Waals surface area contributed by atoms with Crippen LogP contribution in [0.4, 0.5) is 17.1 Å². The van der Waals surface area contributed by atoms with Gasteiger partial charge in [0.2, 0.25) is 0 Å². The number of rotatable bonds is 5. The number of anilines is 3. The highest BCUT2D eigenvalue weighted by Crippen LogP contribution is 2.40. The lowest BCUT2D eigenvalue weighted by atomic mass is 9.99. The Morgan fingerprint density at radius 3 is 1.88 bits per heavy atom. The summed E-state index contributed by atoms with van der Waals surface area (Å²) in [7, 11) is 0. The summed E-state index contributed by atoms with van der Waals surface area (Å²) >= 11 is 0. The van der Waals surface area contributed by atoms with E-state index in [-0.39, 0.29) is 0 Å². The number of fused-ring (bicyclic) bond motifs is 3. The molecule has 5 aromatic carbocycles. The average molecular weight is 517 g/mol. The molecule has 4 heteroatoms. The predicted octanol–water partition coefficient (Wildman–Crippen LogP) is 9.33. The Balaban J connectivity index is 1.44. The van der Waals surface area contributed by atoms with Crippen LogP contribution in [0.1, 0.15) is 11.1 Å². The lowest BCUT2D eigenvalue weighted by molar-refractivity contribution is 1.13. The zero-order valence-corrected chi connectivity index (χ0v) is 22.5. The van der Waals surface area contributed by atoms with Gasteiger partial charge in [-0.05, 0) is 91.2 Å². The van der Waals surface area contributed by atoms with Gasteiger partial charge >= 0.3 is 0 Å². The molecule has 40 heavy (non-hydrogen) atoms. The van der Waals surface area contributed by atoms with E-state index in [0.717, 1.165) is 28.2 Å². The summed E-state index contributed by atoms with van der Waals surface area (Å²) in [5.41, 5.74) is 11.5. The summed E-state index contributed by atoms with van der Waals surface area (Å²) in [6, 6.07) is 41.2. The topological polar surface area (TPSA) is 34.0 Å². The molecule has 7 aromatic rings. The Hall–Kier alpha value is -5.22. The molecule has 0 aliphatic carbocycles. The second-order valence-electron chi connectivity index (χ2n) is 10.1. The minimum absolute atomic E-state index is 1.03. The van der Waals surface area contributed by atoms with Crippen molar-refractivity contribution in [2.24, 2.45) is 0 Å². The fraction of sp³-hybridized carbons (Fsp3) is 0.0556. The van der Waals surface area contributed by atoms with Crippen molar-refractivity contribution >= 4 is 38.9 Å². The normalized spacial score (nSPS) is 11.2. The van der Waals surface area contributed by atoms with Gasteiger partial charge in [0.1, 0.15) is 6.33 Å². The third-order valence-electron chi connectivity index (χ3n) is 7.60. The van der Waals surface area contributed by atoms with E-state index >= 15 is 0 Å². The quantitative estimate of drug-likeness (QED) is 0.229. The fourth-order valence-corrected chi connectivity index (χ4v) is 5.75. The average Bonchev–Trinajstić information content (AvgIpc) is 3.33. The highest BCUT2D eigenvalue weighted by atomic mass is 15.1. The van der Waals surface area contributed by atoms with Gasteiger partial charge in [-0.25, -0.2) is 9.97 Å². The van der Waals surface area contributed by atoms with Crippen molar-refractivity contribution in [3.8, 4) is 16.8 Å². The largest absolute Gasteiger partial charge is 0.310 e. The summed E-state index contributed by atoms with van der Waals surface area (Å²) in [5, 5.41) is 2.46. The van der Waals surface area contributed by atoms with E-state index in [0.29, 0.717) is 0 Å². The molecule has 0 unspecified atom stereocenters. The Labute approximate surface area is 233 Å². The second-order valence-corrected chi connectivity index (χ2v) is 10.1. The molecule has 0 bridgehead atoms. The third kappa shape index (κ3) is 4.02. The Kier molecular flexibility index (Phi) is 5.86. The van der Waals surface area contributed by atoms with Crippen molar-refractivity contribution < 1.29 is 0 Å². The van der Waals surface area contributed by atoms with E-state index in [1.54, 1.807) is 6.33 Å². The zero-order chi connectivity index (χ0) is 27.1. The van der Waals surface area contributed by atoms with E-state index < -0.39 is 0 Å². The second kappa shape index (κ2) is 9.83. The van der Waals surface area contributed by atoms with Crippen molar-refractivity contribution in [2.45, 2.75) is 13.8 Å². The van der Waals surface area contributed by atoms with Crippen molar-refractivity contribution in [1.82, 2.24) is 14.5 Å². The van der Waals surface area contributed by atoms with Gasteiger partial charge in [-0.1, -0.05) is 54.6 Å². The van der Waals surface area contributed by atoms with Gasteiger partial charge < -0.3 is 9.47 Å². The van der Waals surface area contributed by atoms with Crippen molar-refractivity contribution in [3.63, 3.8) is 0 Å². The van der Waals surface area contributed by atoms with E-state index in [2.05, 4.69) is 149 Å². The monoisotopic (exact) mass is 516 g/mol. The number of hydrogen-bond acceptors (Lipinski definition) is 3. The van der Waals surface area contributed by atoms with Gasteiger partial charge in [-0.15, -0.1) is 0 Å². The first kappa shape index (κ1) is 23.9. The Morgan fingerprint density at radius 1 is 0.550 bits per heavy atom. The van der Waals surface area contributed by atoms with E-state index in [1.807, 2.05) is 12.4 Å². The van der Waals surface area contributed by atoms with Crippen LogP contribution in [0.25, 0.3) is 38.6 Å². The molecule has 4 nitrogen and oxygen atoms in total. The molecule has 0 saturated heterocycles. The summed E-state index contributed by atoms with van der Waals surface area (Å²) in [6.07, 6.45) is 5.33. The fourth-order valence-electron chi connectivity index (χ4n) is 5.75. The van der Waals surface area contributed by atoms with Crippen LogP contribution in [0.5, 0.6) is 0 Å².